The Morgan fingerprint density at radius 2 is 1.75 bits per heavy atom. The summed E-state index contributed by atoms with van der Waals surface area (Å²) >= 11 is 5.88. The van der Waals surface area contributed by atoms with Crippen molar-refractivity contribution in [2.45, 2.75) is 25.8 Å². The molecular weight excluding hydrogens is 376 g/mol. The molecule has 2 N–H and O–H groups in total. The minimum absolute atomic E-state index is 0.125. The number of anilines is 1. The summed E-state index contributed by atoms with van der Waals surface area (Å²) in [5.74, 6) is 0.269. The highest BCUT2D eigenvalue weighted by atomic mass is 35.5. The standard InChI is InChI=1S/C22H21ClN2O3/c23-17-12-10-16(11-13-17)5-3-9-21(26)25-20-8-2-1-7-19(20)22(27)24-15-18-6-4-14-28-18/h1-2,4,6-8,10-14H,3,5,9,15H2,(H,24,27)(H,25,26). The van der Waals surface area contributed by atoms with E-state index in [4.69, 9.17) is 16.0 Å². The van der Waals surface area contributed by atoms with Gasteiger partial charge in [0.2, 0.25) is 5.91 Å². The van der Waals surface area contributed by atoms with Gasteiger partial charge in [0.1, 0.15) is 5.76 Å². The predicted octanol–water partition coefficient (Wildman–Crippen LogP) is 4.82. The normalized spacial score (nSPS) is 10.5. The molecule has 0 saturated carbocycles. The second-order valence-electron chi connectivity index (χ2n) is 6.34. The van der Waals surface area contributed by atoms with E-state index in [0.29, 0.717) is 34.9 Å². The first-order chi connectivity index (χ1) is 13.6. The van der Waals surface area contributed by atoms with Crippen LogP contribution in [-0.4, -0.2) is 11.8 Å². The van der Waals surface area contributed by atoms with E-state index in [1.54, 1.807) is 42.7 Å². The highest BCUT2D eigenvalue weighted by Crippen LogP contribution is 2.17. The molecular formula is C22H21ClN2O3. The Bertz CT molecular complexity index is 921. The molecule has 0 atom stereocenters. The van der Waals surface area contributed by atoms with Gasteiger partial charge in [0.05, 0.1) is 24.1 Å². The smallest absolute Gasteiger partial charge is 0.253 e. The quantitative estimate of drug-likeness (QED) is 0.573. The number of nitrogens with one attached hydrogen (secondary N) is 2. The van der Waals surface area contributed by atoms with Crippen molar-refractivity contribution in [1.29, 1.82) is 0 Å². The van der Waals surface area contributed by atoms with Gasteiger partial charge in [-0.15, -0.1) is 0 Å². The molecule has 0 fully saturated rings. The number of hydrogen-bond donors (Lipinski definition) is 2. The van der Waals surface area contributed by atoms with E-state index < -0.39 is 0 Å². The predicted molar refractivity (Wildman–Crippen MR) is 109 cm³/mol. The largest absolute Gasteiger partial charge is 0.467 e. The second kappa shape index (κ2) is 9.76. The number of benzene rings is 2. The molecule has 1 heterocycles. The van der Waals surface area contributed by atoms with Gasteiger partial charge in [-0.05, 0) is 54.8 Å². The Morgan fingerprint density at radius 1 is 0.964 bits per heavy atom. The van der Waals surface area contributed by atoms with Crippen molar-refractivity contribution >= 4 is 29.1 Å². The van der Waals surface area contributed by atoms with Gasteiger partial charge in [-0.2, -0.15) is 0 Å². The lowest BCUT2D eigenvalue weighted by molar-refractivity contribution is -0.116. The van der Waals surface area contributed by atoms with Gasteiger partial charge in [0.15, 0.2) is 0 Å². The van der Waals surface area contributed by atoms with Crippen LogP contribution in [0.5, 0.6) is 0 Å². The highest BCUT2D eigenvalue weighted by Gasteiger charge is 2.13. The molecule has 0 spiro atoms. The van der Waals surface area contributed by atoms with Crippen molar-refractivity contribution in [3.8, 4) is 0 Å². The Kier molecular flexibility index (Phi) is 6.87. The van der Waals surface area contributed by atoms with E-state index in [9.17, 15) is 9.59 Å². The van der Waals surface area contributed by atoms with E-state index in [1.165, 1.54) is 0 Å². The Morgan fingerprint density at radius 3 is 2.50 bits per heavy atom. The zero-order valence-electron chi connectivity index (χ0n) is 15.3. The third-order valence-electron chi connectivity index (χ3n) is 4.23. The number of aryl methyl sites for hydroxylation is 1. The number of para-hydroxylation sites is 1. The van der Waals surface area contributed by atoms with Crippen molar-refractivity contribution in [1.82, 2.24) is 5.32 Å². The maximum atomic E-state index is 12.5. The Balaban J connectivity index is 1.52. The molecule has 3 rings (SSSR count). The van der Waals surface area contributed by atoms with Gasteiger partial charge >= 0.3 is 0 Å². The number of rotatable bonds is 8. The van der Waals surface area contributed by atoms with Crippen LogP contribution in [0.1, 0.15) is 34.5 Å². The summed E-state index contributed by atoms with van der Waals surface area (Å²) in [7, 11) is 0. The van der Waals surface area contributed by atoms with Crippen molar-refractivity contribution in [2.24, 2.45) is 0 Å². The monoisotopic (exact) mass is 396 g/mol. The highest BCUT2D eigenvalue weighted by molar-refractivity contribution is 6.30. The molecule has 28 heavy (non-hydrogen) atoms. The number of furan rings is 1. The van der Waals surface area contributed by atoms with Crippen LogP contribution in [0.25, 0.3) is 0 Å². The van der Waals surface area contributed by atoms with Crippen LogP contribution in [-0.2, 0) is 17.8 Å². The van der Waals surface area contributed by atoms with Crippen LogP contribution in [0.4, 0.5) is 5.69 Å². The summed E-state index contributed by atoms with van der Waals surface area (Å²) in [6.07, 6.45) is 3.42. The van der Waals surface area contributed by atoms with E-state index in [-0.39, 0.29) is 18.4 Å². The minimum Gasteiger partial charge on any atom is -0.467 e. The van der Waals surface area contributed by atoms with E-state index in [0.717, 1.165) is 12.0 Å². The Hall–Kier alpha value is -3.05. The minimum atomic E-state index is -0.270. The van der Waals surface area contributed by atoms with Gasteiger partial charge in [-0.1, -0.05) is 35.9 Å². The lowest BCUT2D eigenvalue weighted by Crippen LogP contribution is -2.24. The number of carbonyl (C=O) groups is 2. The second-order valence-corrected chi connectivity index (χ2v) is 6.77. The summed E-state index contributed by atoms with van der Waals surface area (Å²) in [6.45, 7) is 0.287. The average molecular weight is 397 g/mol. The summed E-state index contributed by atoms with van der Waals surface area (Å²) in [5.41, 5.74) is 2.05. The molecule has 5 nitrogen and oxygen atoms in total. The van der Waals surface area contributed by atoms with Gasteiger partial charge in [-0.25, -0.2) is 0 Å². The molecule has 0 aliphatic heterocycles. The molecule has 0 unspecified atom stereocenters. The van der Waals surface area contributed by atoms with Crippen LogP contribution in [0.2, 0.25) is 5.02 Å². The van der Waals surface area contributed by atoms with Gasteiger partial charge in [0, 0.05) is 11.4 Å². The summed E-state index contributed by atoms with van der Waals surface area (Å²) in [6, 6.07) is 18.1. The summed E-state index contributed by atoms with van der Waals surface area (Å²) in [4.78, 5) is 24.8. The molecule has 2 aromatic carbocycles. The number of carbonyl (C=O) groups excluding carboxylic acids is 2. The van der Waals surface area contributed by atoms with Crippen LogP contribution in [0, 0.1) is 0 Å². The molecule has 0 bridgehead atoms. The first-order valence-corrected chi connectivity index (χ1v) is 9.43. The molecule has 6 heteroatoms. The Labute approximate surface area is 168 Å². The maximum absolute atomic E-state index is 12.5. The van der Waals surface area contributed by atoms with E-state index >= 15 is 0 Å². The molecule has 0 saturated heterocycles. The van der Waals surface area contributed by atoms with Crippen molar-refractivity contribution in [2.75, 3.05) is 5.32 Å². The summed E-state index contributed by atoms with van der Waals surface area (Å²) < 4.78 is 5.21. The number of hydrogen-bond acceptors (Lipinski definition) is 3. The lowest BCUT2D eigenvalue weighted by atomic mass is 10.1. The molecule has 1 aromatic heterocycles. The fraction of sp³-hybridized carbons (Fsp3) is 0.182. The maximum Gasteiger partial charge on any atom is 0.253 e. The first kappa shape index (κ1) is 19.7. The zero-order valence-corrected chi connectivity index (χ0v) is 16.0. The van der Waals surface area contributed by atoms with E-state index in [1.807, 2.05) is 24.3 Å². The zero-order chi connectivity index (χ0) is 19.8. The van der Waals surface area contributed by atoms with Crippen LogP contribution in [0.15, 0.2) is 71.3 Å². The molecule has 0 aliphatic rings. The first-order valence-electron chi connectivity index (χ1n) is 9.06. The van der Waals surface area contributed by atoms with Gasteiger partial charge in [0.25, 0.3) is 5.91 Å². The topological polar surface area (TPSA) is 71.3 Å². The molecule has 0 aliphatic carbocycles. The SMILES string of the molecule is O=C(CCCc1ccc(Cl)cc1)Nc1ccccc1C(=O)NCc1ccco1. The van der Waals surface area contributed by atoms with Gasteiger partial charge < -0.3 is 15.1 Å². The van der Waals surface area contributed by atoms with E-state index in [2.05, 4.69) is 10.6 Å². The van der Waals surface area contributed by atoms with Crippen LogP contribution in [0.3, 0.4) is 0 Å². The van der Waals surface area contributed by atoms with Crippen molar-refractivity contribution < 1.29 is 14.0 Å². The van der Waals surface area contributed by atoms with Gasteiger partial charge in [-0.3, -0.25) is 9.59 Å². The molecule has 2 amide bonds. The van der Waals surface area contributed by atoms with Crippen molar-refractivity contribution in [3.05, 3.63) is 88.8 Å². The third kappa shape index (κ3) is 5.72. The summed E-state index contributed by atoms with van der Waals surface area (Å²) in [5, 5.41) is 6.32. The number of amides is 2. The third-order valence-corrected chi connectivity index (χ3v) is 4.48. The molecule has 144 valence electrons. The van der Waals surface area contributed by atoms with Crippen LogP contribution < -0.4 is 10.6 Å². The van der Waals surface area contributed by atoms with Crippen LogP contribution >= 0.6 is 11.6 Å². The average Bonchev–Trinajstić information content (AvgIpc) is 3.22. The lowest BCUT2D eigenvalue weighted by Gasteiger charge is -2.11. The number of halogens is 1. The van der Waals surface area contributed by atoms with Crippen molar-refractivity contribution in [3.63, 3.8) is 0 Å². The fourth-order valence-corrected chi connectivity index (χ4v) is 2.91. The molecule has 3 aromatic rings. The molecule has 0 radical (unpaired) electrons. The fourth-order valence-electron chi connectivity index (χ4n) is 2.78.